The van der Waals surface area contributed by atoms with Crippen LogP contribution in [0.1, 0.15) is 55.6 Å². The molecule has 0 atom stereocenters. The van der Waals surface area contributed by atoms with Gasteiger partial charge in [-0.2, -0.15) is 0 Å². The van der Waals surface area contributed by atoms with Crippen molar-refractivity contribution < 1.29 is 4.42 Å². The molecule has 0 aliphatic heterocycles. The molecule has 1 heterocycles. The van der Waals surface area contributed by atoms with Crippen LogP contribution >= 0.6 is 0 Å². The normalized spacial score (nSPS) is 19.0. The zero-order valence-electron chi connectivity index (χ0n) is 12.0. The molecule has 0 bridgehead atoms. The molecule has 0 saturated heterocycles. The van der Waals surface area contributed by atoms with Gasteiger partial charge in [-0.1, -0.05) is 0 Å². The third-order valence-electron chi connectivity index (χ3n) is 4.10. The summed E-state index contributed by atoms with van der Waals surface area (Å²) < 4.78 is 5.82. The first-order valence-corrected chi connectivity index (χ1v) is 7.86. The lowest BCUT2D eigenvalue weighted by Crippen LogP contribution is -2.17. The average molecular weight is 262 g/mol. The van der Waals surface area contributed by atoms with E-state index in [4.69, 9.17) is 4.42 Å². The maximum atomic E-state index is 5.82. The fourth-order valence-corrected chi connectivity index (χ4v) is 2.49. The fraction of sp³-hybridized carbons (Fsp3) is 0.750. The minimum Gasteiger partial charge on any atom is -0.465 e. The molecule has 1 aromatic heterocycles. The van der Waals surface area contributed by atoms with Crippen LogP contribution in [0, 0.1) is 6.92 Å². The summed E-state index contributed by atoms with van der Waals surface area (Å²) in [7, 11) is 0. The molecule has 0 aromatic carbocycles. The van der Waals surface area contributed by atoms with Gasteiger partial charge in [0.05, 0.1) is 6.54 Å². The molecule has 19 heavy (non-hydrogen) atoms. The Kier molecular flexibility index (Phi) is 4.24. The van der Waals surface area contributed by atoms with Crippen molar-refractivity contribution in [3.8, 4) is 0 Å². The van der Waals surface area contributed by atoms with Crippen LogP contribution in [0.3, 0.4) is 0 Å². The van der Waals surface area contributed by atoms with Crippen molar-refractivity contribution in [2.75, 3.05) is 6.54 Å². The van der Waals surface area contributed by atoms with Crippen molar-refractivity contribution in [1.82, 2.24) is 10.6 Å². The van der Waals surface area contributed by atoms with Gasteiger partial charge < -0.3 is 15.1 Å². The van der Waals surface area contributed by atoms with E-state index in [0.717, 1.165) is 36.6 Å². The van der Waals surface area contributed by atoms with Gasteiger partial charge in [0.15, 0.2) is 0 Å². The quantitative estimate of drug-likeness (QED) is 0.672. The molecule has 1 aromatic rings. The molecule has 0 amide bonds. The first-order valence-electron chi connectivity index (χ1n) is 7.86. The van der Waals surface area contributed by atoms with E-state index in [1.807, 2.05) is 0 Å². The molecule has 2 N–H and O–H groups in total. The highest BCUT2D eigenvalue weighted by molar-refractivity contribution is 5.21. The second-order valence-corrected chi connectivity index (χ2v) is 6.13. The van der Waals surface area contributed by atoms with E-state index < -0.39 is 0 Å². The van der Waals surface area contributed by atoms with Gasteiger partial charge in [-0.05, 0) is 70.0 Å². The molecule has 2 saturated carbocycles. The van der Waals surface area contributed by atoms with Crippen molar-refractivity contribution in [1.29, 1.82) is 0 Å². The largest absolute Gasteiger partial charge is 0.465 e. The standard InChI is InChI=1S/C16H26N2O/c1-12-13(4-2-3-9-17-14-5-6-14)10-16(19-12)11-18-15-7-8-15/h10,14-15,17-18H,2-9,11H2,1H3. The molecule has 0 unspecified atom stereocenters. The number of hydrogen-bond acceptors (Lipinski definition) is 3. The van der Waals surface area contributed by atoms with Gasteiger partial charge >= 0.3 is 0 Å². The summed E-state index contributed by atoms with van der Waals surface area (Å²) >= 11 is 0. The van der Waals surface area contributed by atoms with Crippen LogP contribution in [0.15, 0.2) is 10.5 Å². The van der Waals surface area contributed by atoms with Crippen molar-refractivity contribution in [2.45, 2.75) is 70.5 Å². The highest BCUT2D eigenvalue weighted by atomic mass is 16.3. The molecular weight excluding hydrogens is 236 g/mol. The Bertz CT molecular complexity index is 405. The van der Waals surface area contributed by atoms with E-state index in [1.54, 1.807) is 0 Å². The molecular formula is C16H26N2O. The van der Waals surface area contributed by atoms with Gasteiger partial charge in [-0.3, -0.25) is 0 Å². The monoisotopic (exact) mass is 262 g/mol. The van der Waals surface area contributed by atoms with Gasteiger partial charge in [0.1, 0.15) is 11.5 Å². The average Bonchev–Trinajstić information content (AvgIpc) is 3.29. The van der Waals surface area contributed by atoms with Crippen LogP contribution in [-0.2, 0) is 13.0 Å². The van der Waals surface area contributed by atoms with Crippen LogP contribution in [-0.4, -0.2) is 18.6 Å². The molecule has 2 aliphatic carbocycles. The summed E-state index contributed by atoms with van der Waals surface area (Å²) in [6, 6.07) is 3.84. The Morgan fingerprint density at radius 1 is 1.11 bits per heavy atom. The van der Waals surface area contributed by atoms with E-state index in [0.29, 0.717) is 0 Å². The van der Waals surface area contributed by atoms with Crippen LogP contribution < -0.4 is 10.6 Å². The first-order chi connectivity index (χ1) is 9.31. The fourth-order valence-electron chi connectivity index (χ4n) is 2.49. The second-order valence-electron chi connectivity index (χ2n) is 6.13. The number of hydrogen-bond donors (Lipinski definition) is 2. The summed E-state index contributed by atoms with van der Waals surface area (Å²) in [4.78, 5) is 0. The Balaban J connectivity index is 1.35. The van der Waals surface area contributed by atoms with Crippen molar-refractivity contribution in [2.24, 2.45) is 0 Å². The maximum Gasteiger partial charge on any atom is 0.118 e. The minimum absolute atomic E-state index is 0.752. The van der Waals surface area contributed by atoms with Crippen molar-refractivity contribution in [3.05, 3.63) is 23.2 Å². The summed E-state index contributed by atoms with van der Waals surface area (Å²) in [6.45, 7) is 4.17. The number of rotatable bonds is 9. The number of furan rings is 1. The summed E-state index contributed by atoms with van der Waals surface area (Å²) in [5, 5.41) is 7.07. The van der Waals surface area contributed by atoms with Crippen molar-refractivity contribution in [3.63, 3.8) is 0 Å². The Hall–Kier alpha value is -0.800. The van der Waals surface area contributed by atoms with Crippen LogP contribution in [0.2, 0.25) is 0 Å². The summed E-state index contributed by atoms with van der Waals surface area (Å²) in [5.74, 6) is 2.22. The Morgan fingerprint density at radius 2 is 1.84 bits per heavy atom. The highest BCUT2D eigenvalue weighted by Crippen LogP contribution is 2.22. The molecule has 3 nitrogen and oxygen atoms in total. The first kappa shape index (κ1) is 13.2. The third-order valence-corrected chi connectivity index (χ3v) is 4.10. The molecule has 2 fully saturated rings. The highest BCUT2D eigenvalue weighted by Gasteiger charge is 2.21. The SMILES string of the molecule is Cc1oc(CNC2CC2)cc1CCCCNC1CC1. The van der Waals surface area contributed by atoms with Gasteiger partial charge in [-0.25, -0.2) is 0 Å². The Morgan fingerprint density at radius 3 is 2.58 bits per heavy atom. The second kappa shape index (κ2) is 6.10. The molecule has 106 valence electrons. The molecule has 3 heteroatoms. The van der Waals surface area contributed by atoms with E-state index in [9.17, 15) is 0 Å². The van der Waals surface area contributed by atoms with E-state index in [1.165, 1.54) is 50.6 Å². The van der Waals surface area contributed by atoms with Gasteiger partial charge in [0, 0.05) is 12.1 Å². The molecule has 3 rings (SSSR count). The number of aryl methyl sites for hydroxylation is 2. The maximum absolute atomic E-state index is 5.82. The molecule has 0 spiro atoms. The lowest BCUT2D eigenvalue weighted by Gasteiger charge is -2.02. The zero-order chi connectivity index (χ0) is 13.1. The van der Waals surface area contributed by atoms with E-state index in [2.05, 4.69) is 23.6 Å². The number of nitrogens with one attached hydrogen (secondary N) is 2. The Labute approximate surface area is 116 Å². The summed E-state index contributed by atoms with van der Waals surface area (Å²) in [5.41, 5.74) is 1.40. The number of unbranched alkanes of at least 4 members (excludes halogenated alkanes) is 1. The lowest BCUT2D eigenvalue weighted by atomic mass is 10.1. The minimum atomic E-state index is 0.752. The van der Waals surface area contributed by atoms with E-state index in [-0.39, 0.29) is 0 Å². The van der Waals surface area contributed by atoms with Gasteiger partial charge in [0.25, 0.3) is 0 Å². The molecule has 0 radical (unpaired) electrons. The smallest absolute Gasteiger partial charge is 0.118 e. The molecule has 2 aliphatic rings. The van der Waals surface area contributed by atoms with Gasteiger partial charge in [0.2, 0.25) is 0 Å². The van der Waals surface area contributed by atoms with Crippen LogP contribution in [0.4, 0.5) is 0 Å². The van der Waals surface area contributed by atoms with Crippen LogP contribution in [0.25, 0.3) is 0 Å². The zero-order valence-corrected chi connectivity index (χ0v) is 12.0. The summed E-state index contributed by atoms with van der Waals surface area (Å²) in [6.07, 6.45) is 9.13. The topological polar surface area (TPSA) is 37.2 Å². The predicted octanol–water partition coefficient (Wildman–Crippen LogP) is 2.91. The van der Waals surface area contributed by atoms with E-state index >= 15 is 0 Å². The van der Waals surface area contributed by atoms with Crippen LogP contribution in [0.5, 0.6) is 0 Å². The third kappa shape index (κ3) is 4.36. The lowest BCUT2D eigenvalue weighted by molar-refractivity contribution is 0.458. The predicted molar refractivity (Wildman–Crippen MR) is 77.3 cm³/mol. The van der Waals surface area contributed by atoms with Gasteiger partial charge in [-0.15, -0.1) is 0 Å². The van der Waals surface area contributed by atoms with Crippen molar-refractivity contribution >= 4 is 0 Å².